The third-order valence-corrected chi connectivity index (χ3v) is 5.28. The van der Waals surface area contributed by atoms with Gasteiger partial charge in [0.05, 0.1) is 5.75 Å². The molecule has 1 heterocycles. The van der Waals surface area contributed by atoms with Crippen LogP contribution in [0.4, 0.5) is 0 Å². The van der Waals surface area contributed by atoms with Gasteiger partial charge in [-0.05, 0) is 19.3 Å². The molecule has 2 fully saturated rings. The van der Waals surface area contributed by atoms with Crippen molar-refractivity contribution in [3.05, 3.63) is 0 Å². The maximum Gasteiger partial charge on any atom is 0.228 e. The van der Waals surface area contributed by atoms with Gasteiger partial charge >= 0.3 is 0 Å². The van der Waals surface area contributed by atoms with Crippen molar-refractivity contribution in [2.24, 2.45) is 5.41 Å². The van der Waals surface area contributed by atoms with Gasteiger partial charge in [-0.15, -0.1) is 0 Å². The number of nitrogens with zero attached hydrogens (tertiary/aromatic N) is 2. The standard InChI is InChI=1S/C14H24N2O4S/c1-14(5-6-14)13(18)16-8-3-7-15(9-10-16)12(17)4-11-21(2,19)20/h3-11H2,1-2H3. The molecule has 0 bridgehead atoms. The van der Waals surface area contributed by atoms with Gasteiger partial charge < -0.3 is 9.80 Å². The smallest absolute Gasteiger partial charge is 0.228 e. The van der Waals surface area contributed by atoms with Crippen LogP contribution in [0.15, 0.2) is 0 Å². The van der Waals surface area contributed by atoms with E-state index < -0.39 is 9.84 Å². The average Bonchev–Trinajstić information content (AvgIpc) is 3.18. The highest BCUT2D eigenvalue weighted by Crippen LogP contribution is 2.46. The fraction of sp³-hybridized carbons (Fsp3) is 0.857. The molecular weight excluding hydrogens is 292 g/mol. The van der Waals surface area contributed by atoms with Crippen LogP contribution in [0.5, 0.6) is 0 Å². The van der Waals surface area contributed by atoms with Gasteiger partial charge in [-0.3, -0.25) is 9.59 Å². The second kappa shape index (κ2) is 5.94. The summed E-state index contributed by atoms with van der Waals surface area (Å²) in [5, 5.41) is 0. The first-order chi connectivity index (χ1) is 9.71. The van der Waals surface area contributed by atoms with Crippen molar-refractivity contribution in [1.82, 2.24) is 9.80 Å². The van der Waals surface area contributed by atoms with Crippen LogP contribution in [-0.4, -0.2) is 68.2 Å². The minimum atomic E-state index is -3.11. The summed E-state index contributed by atoms with van der Waals surface area (Å²) in [6.45, 7) is 4.34. The molecule has 0 radical (unpaired) electrons. The van der Waals surface area contributed by atoms with E-state index in [1.807, 2.05) is 11.8 Å². The molecule has 0 aromatic heterocycles. The highest BCUT2D eigenvalue weighted by Gasteiger charge is 2.47. The number of rotatable bonds is 4. The quantitative estimate of drug-likeness (QED) is 0.747. The van der Waals surface area contributed by atoms with Crippen LogP contribution >= 0.6 is 0 Å². The van der Waals surface area contributed by atoms with Gasteiger partial charge in [0.25, 0.3) is 0 Å². The zero-order valence-electron chi connectivity index (χ0n) is 12.8. The van der Waals surface area contributed by atoms with Crippen molar-refractivity contribution >= 4 is 21.7 Å². The maximum absolute atomic E-state index is 12.3. The molecule has 0 atom stereocenters. The molecule has 120 valence electrons. The zero-order chi connectivity index (χ0) is 15.7. The second-order valence-corrected chi connectivity index (χ2v) is 8.73. The molecule has 1 saturated carbocycles. The lowest BCUT2D eigenvalue weighted by molar-refractivity contribution is -0.137. The first-order valence-corrected chi connectivity index (χ1v) is 9.52. The van der Waals surface area contributed by atoms with E-state index in [-0.39, 0.29) is 29.4 Å². The van der Waals surface area contributed by atoms with E-state index in [0.717, 1.165) is 25.5 Å². The molecule has 2 rings (SSSR count). The number of hydrogen-bond acceptors (Lipinski definition) is 4. The molecule has 0 spiro atoms. The first kappa shape index (κ1) is 16.3. The van der Waals surface area contributed by atoms with Crippen molar-refractivity contribution in [3.63, 3.8) is 0 Å². The Morgan fingerprint density at radius 2 is 1.62 bits per heavy atom. The predicted molar refractivity (Wildman–Crippen MR) is 79.4 cm³/mol. The summed E-state index contributed by atoms with van der Waals surface area (Å²) in [5.41, 5.74) is -0.171. The molecule has 0 N–H and O–H groups in total. The molecule has 1 aliphatic carbocycles. The molecule has 2 amide bonds. The summed E-state index contributed by atoms with van der Waals surface area (Å²) in [4.78, 5) is 27.9. The van der Waals surface area contributed by atoms with Crippen molar-refractivity contribution in [2.45, 2.75) is 32.6 Å². The van der Waals surface area contributed by atoms with Gasteiger partial charge in [-0.25, -0.2) is 8.42 Å². The molecular formula is C14H24N2O4S. The minimum Gasteiger partial charge on any atom is -0.341 e. The minimum absolute atomic E-state index is 0.0322. The van der Waals surface area contributed by atoms with Gasteiger partial charge in [0.2, 0.25) is 11.8 Å². The molecule has 0 aromatic carbocycles. The number of carbonyl (C=O) groups is 2. The van der Waals surface area contributed by atoms with Crippen molar-refractivity contribution in [1.29, 1.82) is 0 Å². The molecule has 2 aliphatic rings. The van der Waals surface area contributed by atoms with Crippen molar-refractivity contribution < 1.29 is 18.0 Å². The Bertz CT molecular complexity index is 525. The van der Waals surface area contributed by atoms with Crippen LogP contribution in [-0.2, 0) is 19.4 Å². The van der Waals surface area contributed by atoms with E-state index in [1.54, 1.807) is 4.90 Å². The van der Waals surface area contributed by atoms with Crippen LogP contribution < -0.4 is 0 Å². The Morgan fingerprint density at radius 3 is 2.19 bits per heavy atom. The predicted octanol–water partition coefficient (Wildman–Crippen LogP) is 0.282. The Hall–Kier alpha value is -1.11. The number of hydrogen-bond donors (Lipinski definition) is 0. The lowest BCUT2D eigenvalue weighted by Gasteiger charge is -2.24. The largest absolute Gasteiger partial charge is 0.341 e. The second-order valence-electron chi connectivity index (χ2n) is 6.47. The van der Waals surface area contributed by atoms with Crippen LogP contribution in [0.1, 0.15) is 32.6 Å². The fourth-order valence-electron chi connectivity index (χ4n) is 2.58. The normalized spacial score (nSPS) is 21.8. The van der Waals surface area contributed by atoms with Gasteiger partial charge in [0.15, 0.2) is 0 Å². The van der Waals surface area contributed by atoms with Crippen molar-refractivity contribution in [2.75, 3.05) is 38.2 Å². The zero-order valence-corrected chi connectivity index (χ0v) is 13.6. The van der Waals surface area contributed by atoms with Crippen molar-refractivity contribution in [3.8, 4) is 0 Å². The third-order valence-electron chi connectivity index (χ3n) is 4.34. The van der Waals surface area contributed by atoms with Gasteiger partial charge in [0.1, 0.15) is 9.84 Å². The maximum atomic E-state index is 12.3. The van der Waals surface area contributed by atoms with Gasteiger partial charge in [0, 0.05) is 44.3 Å². The van der Waals surface area contributed by atoms with Crippen LogP contribution in [0.25, 0.3) is 0 Å². The molecule has 1 aliphatic heterocycles. The summed E-state index contributed by atoms with van der Waals surface area (Å²) in [6.07, 6.45) is 3.84. The summed E-state index contributed by atoms with van der Waals surface area (Å²) >= 11 is 0. The van der Waals surface area contributed by atoms with E-state index >= 15 is 0 Å². The fourth-order valence-corrected chi connectivity index (χ4v) is 3.13. The topological polar surface area (TPSA) is 74.8 Å². The van der Waals surface area contributed by atoms with Crippen LogP contribution in [0.2, 0.25) is 0 Å². The highest BCUT2D eigenvalue weighted by molar-refractivity contribution is 7.90. The lowest BCUT2D eigenvalue weighted by atomic mass is 10.1. The van der Waals surface area contributed by atoms with E-state index in [9.17, 15) is 18.0 Å². The van der Waals surface area contributed by atoms with Crippen LogP contribution in [0.3, 0.4) is 0 Å². The van der Waals surface area contributed by atoms with E-state index in [4.69, 9.17) is 0 Å². The molecule has 6 nitrogen and oxygen atoms in total. The number of sulfone groups is 1. The lowest BCUT2D eigenvalue weighted by Crippen LogP contribution is -2.40. The van der Waals surface area contributed by atoms with Crippen LogP contribution in [0, 0.1) is 5.41 Å². The first-order valence-electron chi connectivity index (χ1n) is 7.46. The molecule has 0 aromatic rings. The van der Waals surface area contributed by atoms with Gasteiger partial charge in [-0.2, -0.15) is 0 Å². The van der Waals surface area contributed by atoms with Gasteiger partial charge in [-0.1, -0.05) is 6.92 Å². The molecule has 0 unspecified atom stereocenters. The molecule has 21 heavy (non-hydrogen) atoms. The number of amides is 2. The molecule has 7 heteroatoms. The van der Waals surface area contributed by atoms with E-state index in [2.05, 4.69) is 0 Å². The third kappa shape index (κ3) is 4.43. The SMILES string of the molecule is CC1(C(=O)N2CCCN(C(=O)CCS(C)(=O)=O)CC2)CC1. The van der Waals surface area contributed by atoms with E-state index in [1.165, 1.54) is 0 Å². The summed E-state index contributed by atoms with van der Waals surface area (Å²) < 4.78 is 22.2. The number of carbonyl (C=O) groups excluding carboxylic acids is 2. The Morgan fingerprint density at radius 1 is 1.05 bits per heavy atom. The average molecular weight is 316 g/mol. The monoisotopic (exact) mass is 316 g/mol. The molecule has 1 saturated heterocycles. The Balaban J connectivity index is 1.85. The summed E-state index contributed by atoms with van der Waals surface area (Å²) in [6, 6.07) is 0. The Labute approximate surface area is 126 Å². The summed E-state index contributed by atoms with van der Waals surface area (Å²) in [5.74, 6) is -0.0384. The van der Waals surface area contributed by atoms with E-state index in [0.29, 0.717) is 26.2 Å². The Kier molecular flexibility index (Phi) is 4.60. The highest BCUT2D eigenvalue weighted by atomic mass is 32.2. The summed E-state index contributed by atoms with van der Waals surface area (Å²) in [7, 11) is -3.11.